The lowest BCUT2D eigenvalue weighted by Gasteiger charge is -2.34. The summed E-state index contributed by atoms with van der Waals surface area (Å²) >= 11 is 0. The average molecular weight is 240 g/mol. The molecule has 1 aliphatic carbocycles. The van der Waals surface area contributed by atoms with E-state index in [4.69, 9.17) is 4.74 Å². The Morgan fingerprint density at radius 3 is 2.53 bits per heavy atom. The van der Waals surface area contributed by atoms with Gasteiger partial charge in [-0.1, -0.05) is 32.1 Å². The standard InChI is InChI=1S/C15H25FO/c1-4-7-10-15(16)11-8-13(9-12-15)14(5-2)17-6-3/h13H,2,4,6-12H2,1,3H3. The van der Waals surface area contributed by atoms with Gasteiger partial charge in [0.1, 0.15) is 11.4 Å². The Balaban J connectivity index is 2.46. The third kappa shape index (κ3) is 4.20. The Kier molecular flexibility index (Phi) is 5.77. The topological polar surface area (TPSA) is 9.23 Å². The van der Waals surface area contributed by atoms with Gasteiger partial charge in [0.25, 0.3) is 0 Å². The SMILES string of the molecule is C=C=C(OCC)C1CCC(F)(CCCC)CC1. The molecule has 1 aliphatic rings. The second kappa shape index (κ2) is 6.86. The molecule has 0 aromatic carbocycles. The molecule has 0 unspecified atom stereocenters. The maximum Gasteiger partial charge on any atom is 0.141 e. The molecule has 0 amide bonds. The van der Waals surface area contributed by atoms with Gasteiger partial charge in [0.2, 0.25) is 0 Å². The van der Waals surface area contributed by atoms with E-state index < -0.39 is 5.67 Å². The molecule has 0 N–H and O–H groups in total. The smallest absolute Gasteiger partial charge is 0.141 e. The van der Waals surface area contributed by atoms with Gasteiger partial charge in [-0.05, 0) is 39.0 Å². The summed E-state index contributed by atoms with van der Waals surface area (Å²) in [5.74, 6) is 1.17. The third-order valence-electron chi connectivity index (χ3n) is 3.70. The highest BCUT2D eigenvalue weighted by atomic mass is 19.1. The Morgan fingerprint density at radius 1 is 1.41 bits per heavy atom. The maximum atomic E-state index is 14.4. The van der Waals surface area contributed by atoms with E-state index in [1.54, 1.807) is 0 Å². The molecule has 1 rings (SSSR count). The van der Waals surface area contributed by atoms with Crippen molar-refractivity contribution in [1.82, 2.24) is 0 Å². The number of alkyl halides is 1. The Hall–Kier alpha value is -0.750. The zero-order valence-corrected chi connectivity index (χ0v) is 11.2. The number of halogens is 1. The minimum atomic E-state index is -0.926. The van der Waals surface area contributed by atoms with Crippen molar-refractivity contribution in [1.29, 1.82) is 0 Å². The fourth-order valence-electron chi connectivity index (χ4n) is 2.61. The van der Waals surface area contributed by atoms with Gasteiger partial charge in [0.05, 0.1) is 6.61 Å². The molecular weight excluding hydrogens is 215 g/mol. The molecule has 98 valence electrons. The van der Waals surface area contributed by atoms with Crippen molar-refractivity contribution in [2.75, 3.05) is 6.61 Å². The molecule has 0 aromatic rings. The number of allylic oxidation sites excluding steroid dienone is 1. The van der Waals surface area contributed by atoms with Gasteiger partial charge in [-0.2, -0.15) is 0 Å². The van der Waals surface area contributed by atoms with Crippen LogP contribution < -0.4 is 0 Å². The van der Waals surface area contributed by atoms with Crippen LogP contribution in [-0.2, 0) is 4.74 Å². The first kappa shape index (κ1) is 14.3. The summed E-state index contributed by atoms with van der Waals surface area (Å²) in [4.78, 5) is 0. The summed E-state index contributed by atoms with van der Waals surface area (Å²) in [6.07, 6.45) is 5.86. The lowest BCUT2D eigenvalue weighted by Crippen LogP contribution is -2.30. The summed E-state index contributed by atoms with van der Waals surface area (Å²) in [6, 6.07) is 0. The summed E-state index contributed by atoms with van der Waals surface area (Å²) in [5, 5.41) is 0. The van der Waals surface area contributed by atoms with Crippen molar-refractivity contribution in [3.8, 4) is 0 Å². The van der Waals surface area contributed by atoms with Crippen LogP contribution >= 0.6 is 0 Å². The largest absolute Gasteiger partial charge is 0.490 e. The highest BCUT2D eigenvalue weighted by Crippen LogP contribution is 2.40. The van der Waals surface area contributed by atoms with Gasteiger partial charge in [0.15, 0.2) is 0 Å². The van der Waals surface area contributed by atoms with E-state index in [1.165, 1.54) is 0 Å². The monoisotopic (exact) mass is 240 g/mol. The van der Waals surface area contributed by atoms with Crippen molar-refractivity contribution >= 4 is 0 Å². The number of unbranched alkanes of at least 4 members (excludes halogenated alkanes) is 1. The summed E-state index contributed by atoms with van der Waals surface area (Å²) in [7, 11) is 0. The molecule has 1 nitrogen and oxygen atoms in total. The second-order valence-electron chi connectivity index (χ2n) is 5.00. The first-order valence-corrected chi connectivity index (χ1v) is 6.87. The lowest BCUT2D eigenvalue weighted by molar-refractivity contribution is 0.0623. The van der Waals surface area contributed by atoms with Gasteiger partial charge < -0.3 is 4.74 Å². The van der Waals surface area contributed by atoms with E-state index in [-0.39, 0.29) is 0 Å². The van der Waals surface area contributed by atoms with Crippen LogP contribution in [0.5, 0.6) is 0 Å². The second-order valence-corrected chi connectivity index (χ2v) is 5.00. The highest BCUT2D eigenvalue weighted by Gasteiger charge is 2.36. The van der Waals surface area contributed by atoms with E-state index in [9.17, 15) is 4.39 Å². The predicted molar refractivity (Wildman–Crippen MR) is 69.6 cm³/mol. The molecule has 0 heterocycles. The Morgan fingerprint density at radius 2 is 2.06 bits per heavy atom. The van der Waals surface area contributed by atoms with E-state index in [2.05, 4.69) is 19.2 Å². The summed E-state index contributed by atoms with van der Waals surface area (Å²) in [6.45, 7) is 8.38. The number of rotatable bonds is 6. The molecule has 0 spiro atoms. The predicted octanol–water partition coefficient (Wildman–Crippen LogP) is 4.78. The molecule has 0 saturated heterocycles. The molecule has 17 heavy (non-hydrogen) atoms. The maximum absolute atomic E-state index is 14.4. The van der Waals surface area contributed by atoms with Crippen LogP contribution in [-0.4, -0.2) is 12.3 Å². The minimum Gasteiger partial charge on any atom is -0.490 e. The molecule has 0 radical (unpaired) electrons. The van der Waals surface area contributed by atoms with E-state index in [1.807, 2.05) is 6.92 Å². The number of hydrogen-bond donors (Lipinski definition) is 0. The van der Waals surface area contributed by atoms with Crippen LogP contribution in [0.2, 0.25) is 0 Å². The molecular formula is C15H25FO. The fourth-order valence-corrected chi connectivity index (χ4v) is 2.61. The van der Waals surface area contributed by atoms with E-state index >= 15 is 0 Å². The molecule has 2 heteroatoms. The first-order chi connectivity index (χ1) is 8.15. The van der Waals surface area contributed by atoms with Gasteiger partial charge in [-0.25, -0.2) is 4.39 Å². The zero-order valence-electron chi connectivity index (χ0n) is 11.2. The van der Waals surface area contributed by atoms with Gasteiger partial charge in [-0.15, -0.1) is 0 Å². The minimum absolute atomic E-state index is 0.331. The average Bonchev–Trinajstić information content (AvgIpc) is 2.35. The van der Waals surface area contributed by atoms with Gasteiger partial charge >= 0.3 is 0 Å². The van der Waals surface area contributed by atoms with Crippen molar-refractivity contribution < 1.29 is 9.13 Å². The quantitative estimate of drug-likeness (QED) is 0.479. The molecule has 0 aliphatic heterocycles. The highest BCUT2D eigenvalue weighted by molar-refractivity contribution is 5.00. The van der Waals surface area contributed by atoms with Crippen LogP contribution in [0, 0.1) is 5.92 Å². The van der Waals surface area contributed by atoms with Crippen molar-refractivity contribution in [2.24, 2.45) is 5.92 Å². The van der Waals surface area contributed by atoms with Crippen LogP contribution in [0.25, 0.3) is 0 Å². The molecule has 1 fully saturated rings. The van der Waals surface area contributed by atoms with E-state index in [0.29, 0.717) is 25.4 Å². The first-order valence-electron chi connectivity index (χ1n) is 6.87. The molecule has 0 bridgehead atoms. The zero-order chi connectivity index (χ0) is 12.7. The van der Waals surface area contributed by atoms with Crippen LogP contribution in [0.4, 0.5) is 4.39 Å². The van der Waals surface area contributed by atoms with Crippen LogP contribution in [0.3, 0.4) is 0 Å². The lowest BCUT2D eigenvalue weighted by atomic mass is 9.77. The molecule has 0 aromatic heterocycles. The van der Waals surface area contributed by atoms with E-state index in [0.717, 1.165) is 37.9 Å². The Labute approximate surface area is 105 Å². The van der Waals surface area contributed by atoms with Crippen molar-refractivity contribution in [2.45, 2.75) is 64.5 Å². The molecule has 1 saturated carbocycles. The number of ether oxygens (including phenoxy) is 1. The van der Waals surface area contributed by atoms with Crippen molar-refractivity contribution in [3.63, 3.8) is 0 Å². The van der Waals surface area contributed by atoms with Gasteiger partial charge in [-0.3, -0.25) is 0 Å². The van der Waals surface area contributed by atoms with Crippen molar-refractivity contribution in [3.05, 3.63) is 18.1 Å². The normalized spacial score (nSPS) is 28.5. The van der Waals surface area contributed by atoms with Crippen LogP contribution in [0.15, 0.2) is 18.1 Å². The third-order valence-corrected chi connectivity index (χ3v) is 3.70. The van der Waals surface area contributed by atoms with Gasteiger partial charge in [0, 0.05) is 5.92 Å². The number of hydrogen-bond acceptors (Lipinski definition) is 1. The fraction of sp³-hybridized carbons (Fsp3) is 0.800. The Bertz CT molecular complexity index is 271. The van der Waals surface area contributed by atoms with Crippen LogP contribution in [0.1, 0.15) is 58.8 Å². The molecule has 0 atom stereocenters. The summed E-state index contributed by atoms with van der Waals surface area (Å²) < 4.78 is 19.9. The summed E-state index contributed by atoms with van der Waals surface area (Å²) in [5.41, 5.74) is 1.94.